The minimum Gasteiger partial charge on any atom is -0.465 e. The third kappa shape index (κ3) is 3.31. The monoisotopic (exact) mass is 390 g/mol. The van der Waals surface area contributed by atoms with E-state index >= 15 is 0 Å². The van der Waals surface area contributed by atoms with Crippen molar-refractivity contribution in [2.45, 2.75) is 6.54 Å². The van der Waals surface area contributed by atoms with Gasteiger partial charge >= 0.3 is 17.7 Å². The fraction of sp³-hybridized carbons (Fsp3) is 0.188. The molecule has 0 aliphatic rings. The number of ether oxygens (including phenoxy) is 2. The molecule has 3 aromatic rings. The number of nitrogens with zero attached hydrogens (tertiary/aromatic N) is 3. The lowest BCUT2D eigenvalue weighted by Crippen LogP contribution is -2.20. The van der Waals surface area contributed by atoms with Crippen molar-refractivity contribution in [2.24, 2.45) is 0 Å². The third-order valence-corrected chi connectivity index (χ3v) is 4.73. The predicted molar refractivity (Wildman–Crippen MR) is 94.5 cm³/mol. The Hall–Kier alpha value is -3.47. The van der Waals surface area contributed by atoms with Crippen molar-refractivity contribution in [1.82, 2.24) is 14.7 Å². The number of thiophene rings is 1. The van der Waals surface area contributed by atoms with Crippen molar-refractivity contribution in [3.8, 4) is 11.5 Å². The van der Waals surface area contributed by atoms with E-state index < -0.39 is 17.7 Å². The van der Waals surface area contributed by atoms with Crippen molar-refractivity contribution in [3.05, 3.63) is 51.0 Å². The molecule has 2 N–H and O–H groups in total. The Balaban J connectivity index is 2.17. The number of pyridine rings is 1. The molecule has 0 spiro atoms. The van der Waals surface area contributed by atoms with Crippen LogP contribution >= 0.6 is 11.3 Å². The molecule has 3 aromatic heterocycles. The Bertz CT molecular complexity index is 1050. The maximum atomic E-state index is 12.2. The smallest absolute Gasteiger partial charge is 0.442 e. The fourth-order valence-electron chi connectivity index (χ4n) is 2.46. The Morgan fingerprint density at radius 2 is 2.00 bits per heavy atom. The summed E-state index contributed by atoms with van der Waals surface area (Å²) in [6.07, 6.45) is 1.53. The molecule has 0 fully saturated rings. The molecule has 27 heavy (non-hydrogen) atoms. The summed E-state index contributed by atoms with van der Waals surface area (Å²) in [7, 11) is 2.39. The van der Waals surface area contributed by atoms with E-state index in [2.05, 4.69) is 10.1 Å². The van der Waals surface area contributed by atoms with E-state index in [0.717, 1.165) is 15.9 Å². The van der Waals surface area contributed by atoms with E-state index in [1.807, 2.05) is 0 Å². The molecule has 0 aliphatic carbocycles. The highest BCUT2D eigenvalue weighted by Gasteiger charge is 2.29. The lowest BCUT2D eigenvalue weighted by atomic mass is 10.1. The van der Waals surface area contributed by atoms with E-state index in [0.29, 0.717) is 5.69 Å². The van der Waals surface area contributed by atoms with Gasteiger partial charge in [0.25, 0.3) is 0 Å². The van der Waals surface area contributed by atoms with Crippen LogP contribution in [0.15, 0.2) is 33.7 Å². The molecule has 0 aliphatic heterocycles. The summed E-state index contributed by atoms with van der Waals surface area (Å²) in [6, 6.07) is 5.06. The number of nitrogen functional groups attached to an aromatic ring is 1. The van der Waals surface area contributed by atoms with Crippen LogP contribution in [-0.4, -0.2) is 40.9 Å². The van der Waals surface area contributed by atoms with Gasteiger partial charge in [0.1, 0.15) is 15.6 Å². The second kappa shape index (κ2) is 7.41. The van der Waals surface area contributed by atoms with Crippen LogP contribution in [0.4, 0.5) is 5.00 Å². The Morgan fingerprint density at radius 3 is 2.63 bits per heavy atom. The largest absolute Gasteiger partial charge is 0.465 e. The first-order chi connectivity index (χ1) is 13.0. The van der Waals surface area contributed by atoms with E-state index in [1.54, 1.807) is 18.2 Å². The van der Waals surface area contributed by atoms with Crippen molar-refractivity contribution >= 4 is 28.3 Å². The minimum absolute atomic E-state index is 0.0111. The van der Waals surface area contributed by atoms with Gasteiger partial charge in [0.05, 0.1) is 26.3 Å². The van der Waals surface area contributed by atoms with Gasteiger partial charge in [0.15, 0.2) is 0 Å². The molecule has 3 rings (SSSR count). The van der Waals surface area contributed by atoms with Crippen LogP contribution in [0.1, 0.15) is 25.6 Å². The quantitative estimate of drug-likeness (QED) is 0.636. The second-order valence-corrected chi connectivity index (χ2v) is 6.26. The zero-order chi connectivity index (χ0) is 19.6. The molecular formula is C16H14N4O6S. The fourth-order valence-corrected chi connectivity index (χ4v) is 3.45. The summed E-state index contributed by atoms with van der Waals surface area (Å²) in [6.45, 7) is -0.212. The van der Waals surface area contributed by atoms with Gasteiger partial charge in [0, 0.05) is 11.8 Å². The van der Waals surface area contributed by atoms with Crippen molar-refractivity contribution in [2.75, 3.05) is 20.0 Å². The highest BCUT2D eigenvalue weighted by Crippen LogP contribution is 2.33. The number of rotatable bonds is 5. The zero-order valence-electron chi connectivity index (χ0n) is 14.3. The molecule has 0 amide bonds. The number of anilines is 1. The second-order valence-electron chi connectivity index (χ2n) is 5.21. The number of nitrogens with two attached hydrogens (primary N) is 1. The normalized spacial score (nSPS) is 10.6. The first-order valence-corrected chi connectivity index (χ1v) is 8.35. The standard InChI is InChI=1S/C16H14N4O6S/c1-24-14(21)10-8(11(15(22)25-2)27-12(10)17)7-20-13(19-26-16(20)23)9-5-3-4-6-18-9/h3-6H,7,17H2,1-2H3. The molecular weight excluding hydrogens is 376 g/mol. The lowest BCUT2D eigenvalue weighted by Gasteiger charge is -2.08. The molecule has 0 unspecified atom stereocenters. The Kier molecular flexibility index (Phi) is 5.03. The van der Waals surface area contributed by atoms with Crippen molar-refractivity contribution in [3.63, 3.8) is 0 Å². The average molecular weight is 390 g/mol. The molecule has 0 saturated carbocycles. The first kappa shape index (κ1) is 18.3. The van der Waals surface area contributed by atoms with E-state index in [9.17, 15) is 14.4 Å². The number of methoxy groups -OCH3 is 2. The van der Waals surface area contributed by atoms with Crippen molar-refractivity contribution < 1.29 is 23.6 Å². The van der Waals surface area contributed by atoms with Crippen LogP contribution in [-0.2, 0) is 16.0 Å². The maximum Gasteiger partial charge on any atom is 0.442 e. The summed E-state index contributed by atoms with van der Waals surface area (Å²) in [5, 5.41) is 3.80. The highest BCUT2D eigenvalue weighted by atomic mass is 32.1. The van der Waals surface area contributed by atoms with Crippen LogP contribution in [0.25, 0.3) is 11.5 Å². The van der Waals surface area contributed by atoms with Gasteiger partial charge in [-0.25, -0.2) is 14.4 Å². The van der Waals surface area contributed by atoms with Gasteiger partial charge < -0.3 is 15.2 Å². The van der Waals surface area contributed by atoms with Crippen LogP contribution < -0.4 is 11.5 Å². The van der Waals surface area contributed by atoms with E-state index in [4.69, 9.17) is 19.7 Å². The van der Waals surface area contributed by atoms with Gasteiger partial charge in [-0.15, -0.1) is 11.3 Å². The highest BCUT2D eigenvalue weighted by molar-refractivity contribution is 7.18. The van der Waals surface area contributed by atoms with Crippen LogP contribution in [0, 0.1) is 0 Å². The van der Waals surface area contributed by atoms with Gasteiger partial charge in [-0.2, -0.15) is 0 Å². The average Bonchev–Trinajstić information content (AvgIpc) is 3.21. The number of aromatic nitrogens is 3. The number of hydrogen-bond acceptors (Lipinski definition) is 10. The zero-order valence-corrected chi connectivity index (χ0v) is 15.1. The third-order valence-electron chi connectivity index (χ3n) is 3.69. The Morgan fingerprint density at radius 1 is 1.26 bits per heavy atom. The topological polar surface area (TPSA) is 140 Å². The molecule has 10 nitrogen and oxygen atoms in total. The number of hydrogen-bond donors (Lipinski definition) is 1. The van der Waals surface area contributed by atoms with Crippen LogP contribution in [0.3, 0.4) is 0 Å². The Labute approximate surface area is 156 Å². The van der Waals surface area contributed by atoms with E-state index in [-0.39, 0.29) is 33.4 Å². The summed E-state index contributed by atoms with van der Waals surface area (Å²) in [5.41, 5.74) is 6.45. The number of carbonyl (C=O) groups excluding carboxylic acids is 2. The van der Waals surface area contributed by atoms with Gasteiger partial charge in [-0.3, -0.25) is 14.1 Å². The summed E-state index contributed by atoms with van der Waals surface area (Å²) in [5.74, 6) is -2.08. The van der Waals surface area contributed by atoms with Gasteiger partial charge in [-0.05, 0) is 12.1 Å². The molecule has 0 radical (unpaired) electrons. The van der Waals surface area contributed by atoms with Crippen molar-refractivity contribution in [1.29, 1.82) is 0 Å². The summed E-state index contributed by atoms with van der Waals surface area (Å²) in [4.78, 5) is 40.7. The van der Waals surface area contributed by atoms with Gasteiger partial charge in [0.2, 0.25) is 5.82 Å². The molecule has 0 bridgehead atoms. The van der Waals surface area contributed by atoms with Crippen LogP contribution in [0.5, 0.6) is 0 Å². The molecule has 0 aromatic carbocycles. The lowest BCUT2D eigenvalue weighted by molar-refractivity contribution is 0.0601. The SMILES string of the molecule is COC(=O)c1sc(N)c(C(=O)OC)c1Cn1c(-c2ccccn2)noc1=O. The number of carbonyl (C=O) groups is 2. The molecule has 3 heterocycles. The predicted octanol–water partition coefficient (Wildman–Crippen LogP) is 1.16. The number of esters is 2. The molecule has 0 saturated heterocycles. The summed E-state index contributed by atoms with van der Waals surface area (Å²) < 4.78 is 15.4. The molecule has 11 heteroatoms. The molecule has 0 atom stereocenters. The van der Waals surface area contributed by atoms with Gasteiger partial charge in [-0.1, -0.05) is 11.2 Å². The first-order valence-electron chi connectivity index (χ1n) is 7.53. The minimum atomic E-state index is -0.785. The molecule has 140 valence electrons. The van der Waals surface area contributed by atoms with E-state index in [1.165, 1.54) is 20.4 Å². The maximum absolute atomic E-state index is 12.2. The van der Waals surface area contributed by atoms with Crippen LogP contribution in [0.2, 0.25) is 0 Å². The summed E-state index contributed by atoms with van der Waals surface area (Å²) >= 11 is 0.867.